The van der Waals surface area contributed by atoms with E-state index in [1.54, 1.807) is 31.4 Å². The van der Waals surface area contributed by atoms with E-state index in [9.17, 15) is 9.59 Å². The quantitative estimate of drug-likeness (QED) is 0.552. The van der Waals surface area contributed by atoms with Gasteiger partial charge in [-0.2, -0.15) is 5.10 Å². The number of rotatable bonds is 7. The van der Waals surface area contributed by atoms with Crippen molar-refractivity contribution in [3.8, 4) is 17.2 Å². The van der Waals surface area contributed by atoms with Gasteiger partial charge < -0.3 is 19.5 Å². The SMILES string of the molecule is COc1ccccc1C=NNC(=O)C(NC(=O)c1ccc2c(c1)OCO2)C(C)C. The van der Waals surface area contributed by atoms with Gasteiger partial charge >= 0.3 is 0 Å². The van der Waals surface area contributed by atoms with Crippen molar-refractivity contribution in [2.75, 3.05) is 13.9 Å². The zero-order valence-corrected chi connectivity index (χ0v) is 16.5. The number of amides is 2. The van der Waals surface area contributed by atoms with Crippen molar-refractivity contribution in [3.05, 3.63) is 53.6 Å². The molecule has 0 saturated heterocycles. The largest absolute Gasteiger partial charge is 0.496 e. The Morgan fingerprint density at radius 1 is 1.14 bits per heavy atom. The number of para-hydroxylation sites is 1. The molecule has 2 aromatic carbocycles. The van der Waals surface area contributed by atoms with Crippen LogP contribution in [0.1, 0.15) is 29.8 Å². The Kier molecular flexibility index (Phi) is 6.33. The molecule has 0 fully saturated rings. The molecule has 0 aliphatic carbocycles. The standard InChI is InChI=1S/C21H23N3O5/c1-13(2)19(21(26)24-22-11-15-6-4-5-7-16(15)27-3)23-20(25)14-8-9-17-18(10-14)29-12-28-17/h4-11,13,19H,12H2,1-3H3,(H,23,25)(H,24,26). The highest BCUT2D eigenvalue weighted by molar-refractivity contribution is 5.98. The van der Waals surface area contributed by atoms with Crippen molar-refractivity contribution in [1.29, 1.82) is 0 Å². The molecule has 2 amide bonds. The third-order valence-corrected chi connectivity index (χ3v) is 4.39. The molecule has 1 aliphatic heterocycles. The summed E-state index contributed by atoms with van der Waals surface area (Å²) in [5.41, 5.74) is 3.58. The number of carbonyl (C=O) groups excluding carboxylic acids is 2. The molecule has 1 aliphatic rings. The molecule has 0 bridgehead atoms. The maximum absolute atomic E-state index is 12.6. The Balaban J connectivity index is 1.65. The van der Waals surface area contributed by atoms with Crippen molar-refractivity contribution in [3.63, 3.8) is 0 Å². The van der Waals surface area contributed by atoms with E-state index in [1.807, 2.05) is 32.0 Å². The molecule has 3 rings (SSSR count). The number of hydrazone groups is 1. The lowest BCUT2D eigenvalue weighted by atomic mass is 10.0. The van der Waals surface area contributed by atoms with Crippen LogP contribution in [0, 0.1) is 5.92 Å². The molecule has 8 heteroatoms. The van der Waals surface area contributed by atoms with Crippen LogP contribution in [0.2, 0.25) is 0 Å². The van der Waals surface area contributed by atoms with E-state index in [1.165, 1.54) is 6.21 Å². The number of nitrogens with one attached hydrogen (secondary N) is 2. The molecular formula is C21H23N3O5. The minimum atomic E-state index is -0.761. The molecular weight excluding hydrogens is 374 g/mol. The second-order valence-corrected chi connectivity index (χ2v) is 6.74. The van der Waals surface area contributed by atoms with Gasteiger partial charge in [-0.05, 0) is 36.2 Å². The van der Waals surface area contributed by atoms with Crippen LogP contribution in [0.25, 0.3) is 0 Å². The molecule has 0 radical (unpaired) electrons. The maximum atomic E-state index is 12.6. The smallest absolute Gasteiger partial charge is 0.262 e. The summed E-state index contributed by atoms with van der Waals surface area (Å²) in [5, 5.41) is 6.74. The first-order valence-corrected chi connectivity index (χ1v) is 9.16. The summed E-state index contributed by atoms with van der Waals surface area (Å²) in [5.74, 6) is 0.789. The summed E-state index contributed by atoms with van der Waals surface area (Å²) in [7, 11) is 1.56. The molecule has 29 heavy (non-hydrogen) atoms. The molecule has 1 heterocycles. The molecule has 152 valence electrons. The van der Waals surface area contributed by atoms with Gasteiger partial charge in [0.25, 0.3) is 11.8 Å². The van der Waals surface area contributed by atoms with Gasteiger partial charge in [0.1, 0.15) is 11.8 Å². The first-order chi connectivity index (χ1) is 14.0. The summed E-state index contributed by atoms with van der Waals surface area (Å²) in [6.07, 6.45) is 1.49. The Labute approximate surface area is 168 Å². The highest BCUT2D eigenvalue weighted by atomic mass is 16.7. The van der Waals surface area contributed by atoms with Gasteiger partial charge in [0, 0.05) is 11.1 Å². The Bertz CT molecular complexity index is 926. The number of methoxy groups -OCH3 is 1. The van der Waals surface area contributed by atoms with Crippen LogP contribution >= 0.6 is 0 Å². The zero-order valence-electron chi connectivity index (χ0n) is 16.5. The second kappa shape index (κ2) is 9.09. The van der Waals surface area contributed by atoms with E-state index < -0.39 is 11.9 Å². The van der Waals surface area contributed by atoms with Crippen LogP contribution in [0.4, 0.5) is 0 Å². The number of ether oxygens (including phenoxy) is 3. The van der Waals surface area contributed by atoms with Crippen molar-refractivity contribution in [2.45, 2.75) is 19.9 Å². The van der Waals surface area contributed by atoms with Crippen molar-refractivity contribution < 1.29 is 23.8 Å². The van der Waals surface area contributed by atoms with Gasteiger partial charge in [-0.1, -0.05) is 26.0 Å². The van der Waals surface area contributed by atoms with Gasteiger partial charge in [0.05, 0.1) is 13.3 Å². The zero-order chi connectivity index (χ0) is 20.8. The number of hydrogen-bond donors (Lipinski definition) is 2. The van der Waals surface area contributed by atoms with Crippen molar-refractivity contribution in [1.82, 2.24) is 10.7 Å². The third-order valence-electron chi connectivity index (χ3n) is 4.39. The molecule has 1 unspecified atom stereocenters. The van der Waals surface area contributed by atoms with Gasteiger partial charge in [-0.15, -0.1) is 0 Å². The predicted molar refractivity (Wildman–Crippen MR) is 107 cm³/mol. The highest BCUT2D eigenvalue weighted by Crippen LogP contribution is 2.32. The summed E-state index contributed by atoms with van der Waals surface area (Å²) in [6.45, 7) is 3.81. The van der Waals surface area contributed by atoms with Crippen LogP contribution in [0.5, 0.6) is 17.2 Å². The topological polar surface area (TPSA) is 98.2 Å². The number of benzene rings is 2. The van der Waals surface area contributed by atoms with Crippen molar-refractivity contribution in [2.24, 2.45) is 11.0 Å². The van der Waals surface area contributed by atoms with Crippen LogP contribution in [0.3, 0.4) is 0 Å². The summed E-state index contributed by atoms with van der Waals surface area (Å²) < 4.78 is 15.8. The highest BCUT2D eigenvalue weighted by Gasteiger charge is 2.25. The van der Waals surface area contributed by atoms with Gasteiger partial charge in [0.2, 0.25) is 6.79 Å². The maximum Gasteiger partial charge on any atom is 0.262 e. The van der Waals surface area contributed by atoms with Gasteiger partial charge in [-0.25, -0.2) is 5.43 Å². The Morgan fingerprint density at radius 2 is 1.90 bits per heavy atom. The third kappa shape index (κ3) is 4.84. The molecule has 0 spiro atoms. The average Bonchev–Trinajstić information content (AvgIpc) is 3.19. The van der Waals surface area contributed by atoms with Crippen molar-refractivity contribution >= 4 is 18.0 Å². The normalized spacial score (nSPS) is 13.4. The van der Waals surface area contributed by atoms with Crippen LogP contribution in [-0.2, 0) is 4.79 Å². The predicted octanol–water partition coefficient (Wildman–Crippen LogP) is 2.33. The number of fused-ring (bicyclic) bond motifs is 1. The fraction of sp³-hybridized carbons (Fsp3) is 0.286. The van der Waals surface area contributed by atoms with E-state index in [0.29, 0.717) is 22.8 Å². The molecule has 0 saturated carbocycles. The fourth-order valence-electron chi connectivity index (χ4n) is 2.81. The fourth-order valence-corrected chi connectivity index (χ4v) is 2.81. The number of carbonyl (C=O) groups is 2. The molecule has 1 atom stereocenters. The number of hydrogen-bond acceptors (Lipinski definition) is 6. The van der Waals surface area contributed by atoms with Crippen LogP contribution < -0.4 is 25.0 Å². The Morgan fingerprint density at radius 3 is 2.66 bits per heavy atom. The van der Waals surface area contributed by atoms with Gasteiger partial charge in [-0.3, -0.25) is 9.59 Å². The molecule has 0 aromatic heterocycles. The first kappa shape index (κ1) is 20.2. The van der Waals surface area contributed by atoms with E-state index in [4.69, 9.17) is 14.2 Å². The average molecular weight is 397 g/mol. The summed E-state index contributed by atoms with van der Waals surface area (Å²) >= 11 is 0. The first-order valence-electron chi connectivity index (χ1n) is 9.16. The van der Waals surface area contributed by atoms with Crippen LogP contribution in [-0.4, -0.2) is 38.0 Å². The molecule has 2 N–H and O–H groups in total. The van der Waals surface area contributed by atoms with E-state index >= 15 is 0 Å². The van der Waals surface area contributed by atoms with E-state index in [0.717, 1.165) is 5.56 Å². The summed E-state index contributed by atoms with van der Waals surface area (Å²) in [6, 6.07) is 11.4. The lowest BCUT2D eigenvalue weighted by molar-refractivity contribution is -0.123. The molecule has 8 nitrogen and oxygen atoms in total. The summed E-state index contributed by atoms with van der Waals surface area (Å²) in [4.78, 5) is 25.2. The van der Waals surface area contributed by atoms with Crippen LogP contribution in [0.15, 0.2) is 47.6 Å². The monoisotopic (exact) mass is 397 g/mol. The minimum Gasteiger partial charge on any atom is -0.496 e. The van der Waals surface area contributed by atoms with E-state index in [-0.39, 0.29) is 18.6 Å². The number of nitrogens with zero attached hydrogens (tertiary/aromatic N) is 1. The van der Waals surface area contributed by atoms with E-state index in [2.05, 4.69) is 15.8 Å². The molecule has 2 aromatic rings. The van der Waals surface area contributed by atoms with Gasteiger partial charge in [0.15, 0.2) is 11.5 Å². The Hall–Kier alpha value is -3.55. The lowest BCUT2D eigenvalue weighted by Crippen LogP contribution is -2.48. The second-order valence-electron chi connectivity index (χ2n) is 6.74. The lowest BCUT2D eigenvalue weighted by Gasteiger charge is -2.20. The minimum absolute atomic E-state index is 0.127.